The summed E-state index contributed by atoms with van der Waals surface area (Å²) >= 11 is 0. The fraction of sp³-hybridized carbons (Fsp3) is 0.600. The third-order valence-electron chi connectivity index (χ3n) is 3.00. The first-order chi connectivity index (χ1) is 8.27. The van der Waals surface area contributed by atoms with Gasteiger partial charge in [-0.2, -0.15) is 0 Å². The fourth-order valence-electron chi connectivity index (χ4n) is 1.96. The average molecular weight is 235 g/mol. The normalized spacial score (nSPS) is 10.5. The first-order valence-corrected chi connectivity index (χ1v) is 6.62. The van der Waals surface area contributed by atoms with Gasteiger partial charge in [0, 0.05) is 6.54 Å². The van der Waals surface area contributed by atoms with Crippen LogP contribution in [-0.2, 0) is 6.54 Å². The predicted octanol–water partition coefficient (Wildman–Crippen LogP) is 3.67. The zero-order valence-corrected chi connectivity index (χ0v) is 11.4. The van der Waals surface area contributed by atoms with E-state index in [1.54, 1.807) is 7.11 Å². The molecule has 17 heavy (non-hydrogen) atoms. The Hall–Kier alpha value is -1.02. The van der Waals surface area contributed by atoms with Crippen LogP contribution >= 0.6 is 0 Å². The first-order valence-electron chi connectivity index (χ1n) is 6.62. The molecule has 0 aliphatic carbocycles. The minimum Gasteiger partial charge on any atom is -0.496 e. The first kappa shape index (κ1) is 14.0. The Morgan fingerprint density at radius 3 is 2.65 bits per heavy atom. The van der Waals surface area contributed by atoms with Crippen LogP contribution in [0.15, 0.2) is 18.2 Å². The molecule has 1 rings (SSSR count). The van der Waals surface area contributed by atoms with Crippen molar-refractivity contribution in [2.75, 3.05) is 13.7 Å². The highest BCUT2D eigenvalue weighted by molar-refractivity contribution is 5.36. The SMILES string of the molecule is CCCCCCNCc1ccc(OC)c(C)c1. The van der Waals surface area contributed by atoms with Gasteiger partial charge in [-0.15, -0.1) is 0 Å². The highest BCUT2D eigenvalue weighted by Gasteiger charge is 1.99. The van der Waals surface area contributed by atoms with Gasteiger partial charge in [0.05, 0.1) is 7.11 Å². The molecule has 0 spiro atoms. The van der Waals surface area contributed by atoms with Gasteiger partial charge >= 0.3 is 0 Å². The Morgan fingerprint density at radius 1 is 1.18 bits per heavy atom. The van der Waals surface area contributed by atoms with E-state index in [2.05, 4.69) is 31.3 Å². The van der Waals surface area contributed by atoms with Crippen LogP contribution in [0.5, 0.6) is 5.75 Å². The predicted molar refractivity (Wildman–Crippen MR) is 73.6 cm³/mol. The maximum atomic E-state index is 5.25. The topological polar surface area (TPSA) is 21.3 Å². The minimum atomic E-state index is 0.955. The zero-order chi connectivity index (χ0) is 12.5. The number of hydrogen-bond acceptors (Lipinski definition) is 2. The second-order valence-electron chi connectivity index (χ2n) is 4.54. The summed E-state index contributed by atoms with van der Waals surface area (Å²) in [6.07, 6.45) is 5.27. The average Bonchev–Trinajstić information content (AvgIpc) is 2.34. The van der Waals surface area contributed by atoms with Crippen LogP contribution < -0.4 is 10.1 Å². The lowest BCUT2D eigenvalue weighted by Gasteiger charge is -2.08. The summed E-state index contributed by atoms with van der Waals surface area (Å²) in [4.78, 5) is 0. The molecule has 96 valence electrons. The third-order valence-corrected chi connectivity index (χ3v) is 3.00. The fourth-order valence-corrected chi connectivity index (χ4v) is 1.96. The lowest BCUT2D eigenvalue weighted by Crippen LogP contribution is -2.14. The smallest absolute Gasteiger partial charge is 0.121 e. The summed E-state index contributed by atoms with van der Waals surface area (Å²) in [5, 5.41) is 3.48. The van der Waals surface area contributed by atoms with E-state index >= 15 is 0 Å². The van der Waals surface area contributed by atoms with Crippen molar-refractivity contribution in [2.24, 2.45) is 0 Å². The van der Waals surface area contributed by atoms with Crippen molar-refractivity contribution in [1.82, 2.24) is 5.32 Å². The molecule has 0 bridgehead atoms. The highest BCUT2D eigenvalue weighted by atomic mass is 16.5. The Labute approximate surface area is 105 Å². The molecule has 0 heterocycles. The number of nitrogens with one attached hydrogen (secondary N) is 1. The summed E-state index contributed by atoms with van der Waals surface area (Å²) < 4.78 is 5.25. The minimum absolute atomic E-state index is 0.955. The van der Waals surface area contributed by atoms with Gasteiger partial charge in [-0.05, 0) is 37.1 Å². The Bertz CT molecular complexity index is 323. The standard InChI is InChI=1S/C15H25NO/c1-4-5-6-7-10-16-12-14-8-9-15(17-3)13(2)11-14/h8-9,11,16H,4-7,10,12H2,1-3H3. The Balaban J connectivity index is 2.25. The second kappa shape index (κ2) is 8.13. The van der Waals surface area contributed by atoms with E-state index in [1.807, 2.05) is 6.07 Å². The van der Waals surface area contributed by atoms with Crippen LogP contribution in [0.25, 0.3) is 0 Å². The number of benzene rings is 1. The van der Waals surface area contributed by atoms with Gasteiger partial charge in [-0.1, -0.05) is 38.3 Å². The monoisotopic (exact) mass is 235 g/mol. The van der Waals surface area contributed by atoms with Gasteiger partial charge in [-0.25, -0.2) is 0 Å². The summed E-state index contributed by atoms with van der Waals surface area (Å²) in [7, 11) is 1.72. The van der Waals surface area contributed by atoms with E-state index in [-0.39, 0.29) is 0 Å². The van der Waals surface area contributed by atoms with Gasteiger partial charge < -0.3 is 10.1 Å². The maximum Gasteiger partial charge on any atom is 0.121 e. The molecule has 0 amide bonds. The van der Waals surface area contributed by atoms with Gasteiger partial charge in [0.15, 0.2) is 0 Å². The highest BCUT2D eigenvalue weighted by Crippen LogP contribution is 2.18. The molecule has 0 aliphatic heterocycles. The number of methoxy groups -OCH3 is 1. The van der Waals surface area contributed by atoms with E-state index in [9.17, 15) is 0 Å². The molecular formula is C15H25NO. The molecule has 0 atom stereocenters. The van der Waals surface area contributed by atoms with Crippen LogP contribution in [0, 0.1) is 6.92 Å². The van der Waals surface area contributed by atoms with Crippen LogP contribution in [0.3, 0.4) is 0 Å². The van der Waals surface area contributed by atoms with E-state index in [0.717, 1.165) is 18.8 Å². The van der Waals surface area contributed by atoms with Crippen LogP contribution in [0.1, 0.15) is 43.7 Å². The number of ether oxygens (including phenoxy) is 1. The molecule has 1 aromatic rings. The van der Waals surface area contributed by atoms with Gasteiger partial charge in [-0.3, -0.25) is 0 Å². The van der Waals surface area contributed by atoms with Crippen LogP contribution in [-0.4, -0.2) is 13.7 Å². The molecule has 1 aromatic carbocycles. The lowest BCUT2D eigenvalue weighted by atomic mass is 10.1. The maximum absolute atomic E-state index is 5.25. The van der Waals surface area contributed by atoms with E-state index < -0.39 is 0 Å². The van der Waals surface area contributed by atoms with Gasteiger partial charge in [0.1, 0.15) is 5.75 Å². The molecule has 0 aliphatic rings. The molecule has 2 nitrogen and oxygen atoms in total. The molecule has 0 unspecified atom stereocenters. The van der Waals surface area contributed by atoms with Crippen molar-refractivity contribution in [1.29, 1.82) is 0 Å². The van der Waals surface area contributed by atoms with Crippen molar-refractivity contribution in [3.8, 4) is 5.75 Å². The number of unbranched alkanes of at least 4 members (excludes halogenated alkanes) is 3. The van der Waals surface area contributed by atoms with E-state index in [0.29, 0.717) is 0 Å². The number of hydrogen-bond donors (Lipinski definition) is 1. The largest absolute Gasteiger partial charge is 0.496 e. The molecular weight excluding hydrogens is 210 g/mol. The number of rotatable bonds is 8. The van der Waals surface area contributed by atoms with Crippen LogP contribution in [0.2, 0.25) is 0 Å². The lowest BCUT2D eigenvalue weighted by molar-refractivity contribution is 0.411. The third kappa shape index (κ3) is 5.22. The summed E-state index contributed by atoms with van der Waals surface area (Å²) in [6.45, 7) is 6.40. The zero-order valence-electron chi connectivity index (χ0n) is 11.4. The quantitative estimate of drug-likeness (QED) is 0.694. The van der Waals surface area contributed by atoms with Crippen molar-refractivity contribution < 1.29 is 4.74 Å². The van der Waals surface area contributed by atoms with Crippen molar-refractivity contribution >= 4 is 0 Å². The van der Waals surface area contributed by atoms with Crippen LogP contribution in [0.4, 0.5) is 0 Å². The summed E-state index contributed by atoms with van der Waals surface area (Å²) in [5.41, 5.74) is 2.54. The molecule has 0 radical (unpaired) electrons. The molecule has 0 aromatic heterocycles. The van der Waals surface area contributed by atoms with Crippen molar-refractivity contribution in [3.63, 3.8) is 0 Å². The number of aryl methyl sites for hydroxylation is 1. The summed E-state index contributed by atoms with van der Waals surface area (Å²) in [5.74, 6) is 0.969. The molecule has 0 saturated carbocycles. The molecule has 1 N–H and O–H groups in total. The molecule has 0 saturated heterocycles. The van der Waals surface area contributed by atoms with Gasteiger partial charge in [0.25, 0.3) is 0 Å². The molecule has 2 heteroatoms. The van der Waals surface area contributed by atoms with Crippen molar-refractivity contribution in [3.05, 3.63) is 29.3 Å². The van der Waals surface area contributed by atoms with Gasteiger partial charge in [0.2, 0.25) is 0 Å². The summed E-state index contributed by atoms with van der Waals surface area (Å²) in [6, 6.07) is 6.37. The Morgan fingerprint density at radius 2 is 2.00 bits per heavy atom. The second-order valence-corrected chi connectivity index (χ2v) is 4.54. The van der Waals surface area contributed by atoms with Crippen molar-refractivity contribution in [2.45, 2.75) is 46.1 Å². The molecule has 0 fully saturated rings. The van der Waals surface area contributed by atoms with E-state index in [1.165, 1.54) is 36.8 Å². The van der Waals surface area contributed by atoms with E-state index in [4.69, 9.17) is 4.74 Å². The Kier molecular flexibility index (Phi) is 6.71.